The van der Waals surface area contributed by atoms with Gasteiger partial charge in [-0.2, -0.15) is 0 Å². The predicted octanol–water partition coefficient (Wildman–Crippen LogP) is 1.55. The molecular formula is C21H32N2O6. The van der Waals surface area contributed by atoms with E-state index in [1.165, 1.54) is 0 Å². The maximum atomic E-state index is 13.1. The van der Waals surface area contributed by atoms with Gasteiger partial charge in [-0.15, -0.1) is 0 Å². The molecule has 3 rings (SSSR count). The number of carboxylic acids is 1. The molecule has 8 nitrogen and oxygen atoms in total. The SMILES string of the molecule is CCOCO[C@@H]1C[C@H]2C(=O)N[C@]3(C(=O)O)C[C@H]3C=CCCCCN(C)C(=O)[C@@H]2C1. The minimum Gasteiger partial charge on any atom is -0.479 e. The molecule has 29 heavy (non-hydrogen) atoms. The first kappa shape index (κ1) is 21.8. The number of hydrogen-bond acceptors (Lipinski definition) is 5. The van der Waals surface area contributed by atoms with E-state index in [9.17, 15) is 19.5 Å². The highest BCUT2D eigenvalue weighted by Crippen LogP contribution is 2.46. The second kappa shape index (κ2) is 9.26. The normalized spacial score (nSPS) is 35.4. The summed E-state index contributed by atoms with van der Waals surface area (Å²) in [4.78, 5) is 39.7. The summed E-state index contributed by atoms with van der Waals surface area (Å²) in [6, 6.07) is 0. The molecule has 2 N–H and O–H groups in total. The van der Waals surface area contributed by atoms with Gasteiger partial charge in [-0.05, 0) is 45.4 Å². The van der Waals surface area contributed by atoms with E-state index in [1.807, 2.05) is 19.1 Å². The quantitative estimate of drug-likeness (QED) is 0.406. The Kier molecular flexibility index (Phi) is 6.95. The van der Waals surface area contributed by atoms with Gasteiger partial charge in [-0.25, -0.2) is 4.79 Å². The number of fused-ring (bicyclic) bond motifs is 2. The molecule has 2 aliphatic carbocycles. The van der Waals surface area contributed by atoms with Gasteiger partial charge < -0.3 is 24.8 Å². The van der Waals surface area contributed by atoms with E-state index in [1.54, 1.807) is 11.9 Å². The minimum absolute atomic E-state index is 0.0722. The number of carbonyl (C=O) groups excluding carboxylic acids is 2. The summed E-state index contributed by atoms with van der Waals surface area (Å²) in [5.41, 5.74) is -1.25. The van der Waals surface area contributed by atoms with Crippen LogP contribution in [0.4, 0.5) is 0 Å². The fourth-order valence-corrected chi connectivity index (χ4v) is 4.46. The molecule has 0 spiro atoms. The average molecular weight is 408 g/mol. The summed E-state index contributed by atoms with van der Waals surface area (Å²) in [6.07, 6.45) is 7.50. The highest BCUT2D eigenvalue weighted by Gasteiger charge is 2.61. The van der Waals surface area contributed by atoms with Gasteiger partial charge in [0.15, 0.2) is 0 Å². The van der Waals surface area contributed by atoms with E-state index in [0.29, 0.717) is 32.4 Å². The third-order valence-electron chi connectivity index (χ3n) is 6.37. The first-order valence-corrected chi connectivity index (χ1v) is 10.6. The first-order chi connectivity index (χ1) is 13.9. The van der Waals surface area contributed by atoms with E-state index in [-0.39, 0.29) is 30.6 Å². The van der Waals surface area contributed by atoms with Crippen LogP contribution in [0.15, 0.2) is 12.2 Å². The Morgan fingerprint density at radius 3 is 2.79 bits per heavy atom. The van der Waals surface area contributed by atoms with Crippen LogP contribution in [-0.4, -0.2) is 66.4 Å². The summed E-state index contributed by atoms with van der Waals surface area (Å²) in [5, 5.41) is 12.5. The van der Waals surface area contributed by atoms with Crippen LogP contribution in [0.3, 0.4) is 0 Å². The van der Waals surface area contributed by atoms with Crippen molar-refractivity contribution >= 4 is 17.8 Å². The van der Waals surface area contributed by atoms with E-state index in [0.717, 1.165) is 19.3 Å². The third kappa shape index (κ3) is 4.80. The fourth-order valence-electron chi connectivity index (χ4n) is 4.46. The predicted molar refractivity (Wildman–Crippen MR) is 105 cm³/mol. The van der Waals surface area contributed by atoms with Crippen LogP contribution >= 0.6 is 0 Å². The molecule has 8 heteroatoms. The first-order valence-electron chi connectivity index (χ1n) is 10.6. The Hall–Kier alpha value is -1.93. The number of carbonyl (C=O) groups is 3. The average Bonchev–Trinajstić information content (AvgIpc) is 3.21. The number of nitrogens with zero attached hydrogens (tertiary/aromatic N) is 1. The Morgan fingerprint density at radius 1 is 1.31 bits per heavy atom. The molecule has 0 aromatic heterocycles. The zero-order valence-corrected chi connectivity index (χ0v) is 17.3. The maximum absolute atomic E-state index is 13.1. The monoisotopic (exact) mass is 408 g/mol. The summed E-state index contributed by atoms with van der Waals surface area (Å²) in [6.45, 7) is 3.16. The van der Waals surface area contributed by atoms with Crippen LogP contribution < -0.4 is 5.32 Å². The molecule has 3 aliphatic rings. The second-order valence-electron chi connectivity index (χ2n) is 8.34. The Labute approximate surface area is 171 Å². The molecule has 5 atom stereocenters. The third-order valence-corrected chi connectivity index (χ3v) is 6.37. The van der Waals surface area contributed by atoms with Crippen molar-refractivity contribution in [2.24, 2.45) is 17.8 Å². The van der Waals surface area contributed by atoms with Gasteiger partial charge in [0.25, 0.3) is 0 Å². The standard InChI is InChI=1S/C21H32N2O6/c1-3-28-13-29-15-10-16-17(11-15)19(25)23(2)9-7-5-4-6-8-14-12-21(14,20(26)27)22-18(16)24/h6,8,14-17H,3-5,7,9-13H2,1-2H3,(H,22,24)(H,26,27)/t14-,15-,16-,17-,21-/m1/s1. The largest absolute Gasteiger partial charge is 0.479 e. The van der Waals surface area contributed by atoms with Crippen molar-refractivity contribution in [2.45, 2.75) is 57.1 Å². The van der Waals surface area contributed by atoms with Crippen molar-refractivity contribution in [3.05, 3.63) is 12.2 Å². The lowest BCUT2D eigenvalue weighted by atomic mass is 9.93. The lowest BCUT2D eigenvalue weighted by molar-refractivity contribution is -0.145. The van der Waals surface area contributed by atoms with Crippen molar-refractivity contribution < 1.29 is 29.0 Å². The lowest BCUT2D eigenvalue weighted by Crippen LogP contribution is -2.49. The molecule has 2 amide bonds. The number of nitrogens with one attached hydrogen (secondary N) is 1. The molecular weight excluding hydrogens is 376 g/mol. The molecule has 0 aromatic carbocycles. The molecule has 0 radical (unpaired) electrons. The number of ether oxygens (including phenoxy) is 2. The van der Waals surface area contributed by atoms with E-state index in [4.69, 9.17) is 9.47 Å². The number of aliphatic carboxylic acids is 1. The van der Waals surface area contributed by atoms with Crippen molar-refractivity contribution in [1.82, 2.24) is 10.2 Å². The van der Waals surface area contributed by atoms with Crippen molar-refractivity contribution in [3.63, 3.8) is 0 Å². The molecule has 162 valence electrons. The Bertz CT molecular complexity index is 666. The van der Waals surface area contributed by atoms with Gasteiger partial charge in [-0.1, -0.05) is 12.2 Å². The van der Waals surface area contributed by atoms with Gasteiger partial charge in [0.2, 0.25) is 11.8 Å². The summed E-state index contributed by atoms with van der Waals surface area (Å²) < 4.78 is 11.0. The fraction of sp³-hybridized carbons (Fsp3) is 0.762. The number of amides is 2. The van der Waals surface area contributed by atoms with Gasteiger partial charge in [0, 0.05) is 26.1 Å². The minimum atomic E-state index is -1.25. The highest BCUT2D eigenvalue weighted by atomic mass is 16.7. The molecule has 1 heterocycles. The van der Waals surface area contributed by atoms with E-state index in [2.05, 4.69) is 5.32 Å². The molecule has 0 bridgehead atoms. The van der Waals surface area contributed by atoms with Gasteiger partial charge >= 0.3 is 5.97 Å². The lowest BCUT2D eigenvalue weighted by Gasteiger charge is -2.26. The summed E-state index contributed by atoms with van der Waals surface area (Å²) in [5.74, 6) is -2.76. The molecule has 2 saturated carbocycles. The Balaban J connectivity index is 1.79. The zero-order chi connectivity index (χ0) is 21.0. The van der Waals surface area contributed by atoms with Gasteiger partial charge in [0.05, 0.1) is 17.9 Å². The molecule has 0 unspecified atom stereocenters. The molecule has 0 aromatic rings. The summed E-state index contributed by atoms with van der Waals surface area (Å²) >= 11 is 0. The van der Waals surface area contributed by atoms with Crippen LogP contribution in [0, 0.1) is 17.8 Å². The Morgan fingerprint density at radius 2 is 2.07 bits per heavy atom. The topological polar surface area (TPSA) is 105 Å². The number of hydrogen-bond donors (Lipinski definition) is 2. The van der Waals surface area contributed by atoms with Crippen LogP contribution in [-0.2, 0) is 23.9 Å². The zero-order valence-electron chi connectivity index (χ0n) is 17.3. The van der Waals surface area contributed by atoms with Crippen LogP contribution in [0.1, 0.15) is 45.4 Å². The number of carboxylic acid groups (broad SMARTS) is 1. The van der Waals surface area contributed by atoms with Gasteiger partial charge in [0.1, 0.15) is 12.3 Å². The van der Waals surface area contributed by atoms with E-state index >= 15 is 0 Å². The van der Waals surface area contributed by atoms with E-state index < -0.39 is 23.3 Å². The van der Waals surface area contributed by atoms with Crippen LogP contribution in [0.5, 0.6) is 0 Å². The van der Waals surface area contributed by atoms with Crippen LogP contribution in [0.25, 0.3) is 0 Å². The molecule has 0 saturated heterocycles. The van der Waals surface area contributed by atoms with Crippen LogP contribution in [0.2, 0.25) is 0 Å². The number of rotatable bonds is 5. The van der Waals surface area contributed by atoms with Crippen molar-refractivity contribution in [2.75, 3.05) is 27.0 Å². The highest BCUT2D eigenvalue weighted by molar-refractivity contribution is 5.94. The molecule has 1 aliphatic heterocycles. The summed E-state index contributed by atoms with van der Waals surface area (Å²) in [7, 11) is 1.77. The van der Waals surface area contributed by atoms with Crippen molar-refractivity contribution in [1.29, 1.82) is 0 Å². The van der Waals surface area contributed by atoms with Crippen molar-refractivity contribution in [3.8, 4) is 0 Å². The smallest absolute Gasteiger partial charge is 0.330 e. The maximum Gasteiger partial charge on any atom is 0.330 e. The number of allylic oxidation sites excluding steroid dienone is 1. The second-order valence-corrected chi connectivity index (χ2v) is 8.34. The van der Waals surface area contributed by atoms with Gasteiger partial charge in [-0.3, -0.25) is 9.59 Å². The molecule has 2 fully saturated rings.